The molecule has 1 aliphatic heterocycles. The van der Waals surface area contributed by atoms with Crippen LogP contribution in [0, 0.1) is 28.6 Å². The quantitative estimate of drug-likeness (QED) is 0.406. The molecule has 0 aromatic carbocycles. The zero-order chi connectivity index (χ0) is 20.1. The molecule has 4 aliphatic carbocycles. The van der Waals surface area contributed by atoms with E-state index in [0.717, 1.165) is 37.2 Å². The van der Waals surface area contributed by atoms with Crippen molar-refractivity contribution in [3.8, 4) is 0 Å². The Kier molecular flexibility index (Phi) is 5.35. The van der Waals surface area contributed by atoms with Crippen LogP contribution in [-0.2, 0) is 14.2 Å². The highest BCUT2D eigenvalue weighted by Crippen LogP contribution is 2.66. The van der Waals surface area contributed by atoms with E-state index in [9.17, 15) is 0 Å². The molecule has 162 valence electrons. The van der Waals surface area contributed by atoms with Gasteiger partial charge in [-0.25, -0.2) is 0 Å². The molecule has 0 aromatic heterocycles. The highest BCUT2D eigenvalue weighted by molar-refractivity contribution is 5.28. The van der Waals surface area contributed by atoms with Crippen LogP contribution in [-0.4, -0.2) is 26.1 Å². The van der Waals surface area contributed by atoms with Crippen molar-refractivity contribution in [1.29, 1.82) is 0 Å². The van der Waals surface area contributed by atoms with Gasteiger partial charge in [0.2, 0.25) is 0 Å². The van der Waals surface area contributed by atoms with Gasteiger partial charge in [0.1, 0.15) is 0 Å². The first-order valence-electron chi connectivity index (χ1n) is 12.2. The van der Waals surface area contributed by atoms with Crippen molar-refractivity contribution in [3.63, 3.8) is 0 Å². The van der Waals surface area contributed by atoms with Crippen LogP contribution in [0.3, 0.4) is 0 Å². The van der Waals surface area contributed by atoms with E-state index in [4.69, 9.17) is 14.2 Å². The molecule has 29 heavy (non-hydrogen) atoms. The Bertz CT molecular complexity index is 675. The number of ether oxygens (including phenoxy) is 3. The number of methoxy groups -OCH3 is 1. The fraction of sp³-hybridized carbons (Fsp3) is 0.846. The molecule has 0 spiro atoms. The van der Waals surface area contributed by atoms with Gasteiger partial charge in [-0.1, -0.05) is 25.5 Å². The van der Waals surface area contributed by atoms with E-state index in [1.54, 1.807) is 11.1 Å². The van der Waals surface area contributed by atoms with E-state index < -0.39 is 0 Å². The van der Waals surface area contributed by atoms with E-state index in [-0.39, 0.29) is 6.29 Å². The largest absolute Gasteiger partial charge is 0.504 e. The third kappa shape index (κ3) is 3.31. The topological polar surface area (TPSA) is 27.7 Å². The summed E-state index contributed by atoms with van der Waals surface area (Å²) in [5.41, 5.74) is 4.05. The fourth-order valence-electron chi connectivity index (χ4n) is 7.96. The highest BCUT2D eigenvalue weighted by atomic mass is 16.7. The lowest BCUT2D eigenvalue weighted by atomic mass is 9.48. The molecule has 1 saturated heterocycles. The standard InChI is InChI=1S/C26H40O3/c1-25-13-11-20(29-24-6-4-5-15-28-24)16-18(25)7-9-21-22-10-8-19(17-27-3)26(22,2)14-12-23(21)25/h7,17,20-24H,4-6,8-16H2,1-3H3/b19-17+/t20-,21-,22-,23-,24?,25-,26+/m0/s1. The Labute approximate surface area is 177 Å². The molecule has 1 heterocycles. The molecule has 0 bridgehead atoms. The van der Waals surface area contributed by atoms with Gasteiger partial charge in [-0.05, 0) is 105 Å². The minimum atomic E-state index is 0.0508. The third-order valence-corrected chi connectivity index (χ3v) is 9.65. The third-order valence-electron chi connectivity index (χ3n) is 9.65. The van der Waals surface area contributed by atoms with E-state index in [1.165, 1.54) is 57.8 Å². The lowest BCUT2D eigenvalue weighted by Gasteiger charge is -2.57. The number of hydrogen-bond acceptors (Lipinski definition) is 3. The summed E-state index contributed by atoms with van der Waals surface area (Å²) in [6.45, 7) is 6.00. The summed E-state index contributed by atoms with van der Waals surface area (Å²) in [6.07, 6.45) is 18.9. The second kappa shape index (κ2) is 7.71. The second-order valence-electron chi connectivity index (χ2n) is 10.9. The van der Waals surface area contributed by atoms with Gasteiger partial charge in [-0.2, -0.15) is 0 Å². The minimum Gasteiger partial charge on any atom is -0.504 e. The Morgan fingerprint density at radius 3 is 2.66 bits per heavy atom. The monoisotopic (exact) mass is 400 g/mol. The predicted molar refractivity (Wildman–Crippen MR) is 115 cm³/mol. The van der Waals surface area contributed by atoms with Crippen LogP contribution < -0.4 is 0 Å². The summed E-state index contributed by atoms with van der Waals surface area (Å²) < 4.78 is 17.7. The van der Waals surface area contributed by atoms with Crippen molar-refractivity contribution in [2.24, 2.45) is 28.6 Å². The van der Waals surface area contributed by atoms with E-state index in [2.05, 4.69) is 26.2 Å². The van der Waals surface area contributed by atoms with Gasteiger partial charge in [0.15, 0.2) is 6.29 Å². The maximum absolute atomic E-state index is 6.40. The zero-order valence-corrected chi connectivity index (χ0v) is 18.8. The molecular formula is C26H40O3. The van der Waals surface area contributed by atoms with Crippen LogP contribution in [0.5, 0.6) is 0 Å². The lowest BCUT2D eigenvalue weighted by Crippen LogP contribution is -2.50. The van der Waals surface area contributed by atoms with Crippen molar-refractivity contribution < 1.29 is 14.2 Å². The molecule has 0 N–H and O–H groups in total. The van der Waals surface area contributed by atoms with Gasteiger partial charge in [-0.15, -0.1) is 0 Å². The normalized spacial score (nSPS) is 48.4. The Morgan fingerprint density at radius 1 is 1.03 bits per heavy atom. The molecule has 5 aliphatic rings. The average Bonchev–Trinajstić information content (AvgIpc) is 3.06. The van der Waals surface area contributed by atoms with Gasteiger partial charge in [0.05, 0.1) is 19.5 Å². The minimum absolute atomic E-state index is 0.0508. The zero-order valence-electron chi connectivity index (χ0n) is 18.8. The molecule has 3 nitrogen and oxygen atoms in total. The van der Waals surface area contributed by atoms with Gasteiger partial charge in [-0.3, -0.25) is 0 Å². The molecule has 7 atom stereocenters. The van der Waals surface area contributed by atoms with Gasteiger partial charge in [0.25, 0.3) is 0 Å². The number of fused-ring (bicyclic) bond motifs is 5. The number of hydrogen-bond donors (Lipinski definition) is 0. The molecule has 4 fully saturated rings. The molecule has 3 heteroatoms. The predicted octanol–water partition coefficient (Wildman–Crippen LogP) is 6.39. The maximum atomic E-state index is 6.40. The van der Waals surface area contributed by atoms with Gasteiger partial charge < -0.3 is 14.2 Å². The number of allylic oxidation sites excluding steroid dienone is 2. The number of rotatable bonds is 3. The van der Waals surface area contributed by atoms with Crippen molar-refractivity contribution in [2.45, 2.75) is 96.9 Å². The van der Waals surface area contributed by atoms with E-state index in [0.29, 0.717) is 16.9 Å². The molecular weight excluding hydrogens is 360 g/mol. The van der Waals surface area contributed by atoms with Crippen LogP contribution in [0.1, 0.15) is 84.5 Å². The average molecular weight is 401 g/mol. The fourth-order valence-corrected chi connectivity index (χ4v) is 7.96. The van der Waals surface area contributed by atoms with Crippen LogP contribution >= 0.6 is 0 Å². The Balaban J connectivity index is 1.32. The van der Waals surface area contributed by atoms with Crippen molar-refractivity contribution in [1.82, 2.24) is 0 Å². The van der Waals surface area contributed by atoms with Crippen molar-refractivity contribution >= 4 is 0 Å². The highest BCUT2D eigenvalue weighted by Gasteiger charge is 2.57. The first-order chi connectivity index (χ1) is 14.0. The van der Waals surface area contributed by atoms with Crippen LogP contribution in [0.15, 0.2) is 23.5 Å². The van der Waals surface area contributed by atoms with E-state index in [1.807, 2.05) is 7.11 Å². The molecule has 0 aromatic rings. The maximum Gasteiger partial charge on any atom is 0.157 e. The molecule has 0 amide bonds. The Hall–Kier alpha value is -0.800. The SMILES string of the molecule is CO/C=C1\CC[C@H]2[C@@H]3CC=C4C[C@@H](OC5CCCCO5)CC[C@]4(C)[C@H]3CC[C@]12C. The molecule has 1 unspecified atom stereocenters. The van der Waals surface area contributed by atoms with Crippen molar-refractivity contribution in [3.05, 3.63) is 23.5 Å². The van der Waals surface area contributed by atoms with Gasteiger partial charge >= 0.3 is 0 Å². The first-order valence-corrected chi connectivity index (χ1v) is 12.2. The van der Waals surface area contributed by atoms with Crippen LogP contribution in [0.2, 0.25) is 0 Å². The summed E-state index contributed by atoms with van der Waals surface area (Å²) >= 11 is 0. The second-order valence-corrected chi connectivity index (χ2v) is 10.9. The summed E-state index contributed by atoms with van der Waals surface area (Å²) in [5, 5.41) is 0. The summed E-state index contributed by atoms with van der Waals surface area (Å²) in [7, 11) is 1.81. The summed E-state index contributed by atoms with van der Waals surface area (Å²) in [5.74, 6) is 2.54. The molecule has 0 radical (unpaired) electrons. The smallest absolute Gasteiger partial charge is 0.157 e. The summed E-state index contributed by atoms with van der Waals surface area (Å²) in [6, 6.07) is 0. The van der Waals surface area contributed by atoms with Crippen LogP contribution in [0.25, 0.3) is 0 Å². The van der Waals surface area contributed by atoms with Gasteiger partial charge in [0, 0.05) is 6.61 Å². The molecule has 3 saturated carbocycles. The molecule has 5 rings (SSSR count). The van der Waals surface area contributed by atoms with Crippen molar-refractivity contribution in [2.75, 3.05) is 13.7 Å². The van der Waals surface area contributed by atoms with Crippen LogP contribution in [0.4, 0.5) is 0 Å². The lowest BCUT2D eigenvalue weighted by molar-refractivity contribution is -0.195. The summed E-state index contributed by atoms with van der Waals surface area (Å²) in [4.78, 5) is 0. The van der Waals surface area contributed by atoms with E-state index >= 15 is 0 Å². The Morgan fingerprint density at radius 2 is 1.86 bits per heavy atom. The first kappa shape index (κ1) is 20.1.